The summed E-state index contributed by atoms with van der Waals surface area (Å²) in [7, 11) is 3.99. The average Bonchev–Trinajstić information content (AvgIpc) is 2.18. The third-order valence-corrected chi connectivity index (χ3v) is 1.68. The molecule has 0 aromatic carbocycles. The molecule has 1 heterocycles. The largest absolute Gasteiger partial charge is 0.475 e. The Hall–Kier alpha value is -1.20. The summed E-state index contributed by atoms with van der Waals surface area (Å²) in [4.78, 5) is 10.2. The van der Waals surface area contributed by atoms with Gasteiger partial charge in [0.05, 0.1) is 18.1 Å². The van der Waals surface area contributed by atoms with Gasteiger partial charge in [-0.15, -0.1) is 0 Å². The molecule has 5 heteroatoms. The lowest BCUT2D eigenvalue weighted by Crippen LogP contribution is -2.19. The van der Waals surface area contributed by atoms with Crippen molar-refractivity contribution in [3.05, 3.63) is 18.1 Å². The maximum atomic E-state index is 5.39. The Balaban J connectivity index is 2.36. The minimum Gasteiger partial charge on any atom is -0.475 e. The molecule has 5 nitrogen and oxygen atoms in total. The van der Waals surface area contributed by atoms with Crippen LogP contribution in [-0.2, 0) is 6.54 Å². The van der Waals surface area contributed by atoms with Crippen molar-refractivity contribution in [1.82, 2.24) is 14.9 Å². The first kappa shape index (κ1) is 10.9. The van der Waals surface area contributed by atoms with E-state index < -0.39 is 0 Å². The van der Waals surface area contributed by atoms with Crippen molar-refractivity contribution < 1.29 is 4.74 Å². The minimum atomic E-state index is 0.408. The maximum Gasteiger partial charge on any atom is 0.232 e. The fourth-order valence-electron chi connectivity index (χ4n) is 0.856. The van der Waals surface area contributed by atoms with Crippen LogP contribution in [0, 0.1) is 0 Å². The standard InChI is InChI=1S/C9H16N4O/c1-13(2)3-4-14-9-7-11-8(5-10)6-12-9/h6-7H,3-5,10H2,1-2H3. The normalized spacial score (nSPS) is 10.6. The Morgan fingerprint density at radius 1 is 1.36 bits per heavy atom. The van der Waals surface area contributed by atoms with Gasteiger partial charge in [-0.25, -0.2) is 4.98 Å². The SMILES string of the molecule is CN(C)CCOc1cnc(CN)cn1. The van der Waals surface area contributed by atoms with Gasteiger partial charge in [0.15, 0.2) is 0 Å². The van der Waals surface area contributed by atoms with Gasteiger partial charge in [0, 0.05) is 13.1 Å². The highest BCUT2D eigenvalue weighted by atomic mass is 16.5. The molecule has 0 spiro atoms. The summed E-state index contributed by atoms with van der Waals surface area (Å²) in [6.45, 7) is 1.88. The molecule has 0 saturated carbocycles. The third kappa shape index (κ3) is 3.68. The highest BCUT2D eigenvalue weighted by molar-refractivity contribution is 5.06. The van der Waals surface area contributed by atoms with Crippen LogP contribution in [0.5, 0.6) is 5.88 Å². The zero-order valence-electron chi connectivity index (χ0n) is 8.60. The van der Waals surface area contributed by atoms with Crippen molar-refractivity contribution in [3.8, 4) is 5.88 Å². The third-order valence-electron chi connectivity index (χ3n) is 1.68. The van der Waals surface area contributed by atoms with Crippen LogP contribution in [0.15, 0.2) is 12.4 Å². The predicted molar refractivity (Wildman–Crippen MR) is 54.0 cm³/mol. The van der Waals surface area contributed by atoms with E-state index in [0.717, 1.165) is 12.2 Å². The summed E-state index contributed by atoms with van der Waals surface area (Å²) in [5, 5.41) is 0. The second-order valence-corrected chi connectivity index (χ2v) is 3.20. The minimum absolute atomic E-state index is 0.408. The number of nitrogens with two attached hydrogens (primary N) is 1. The fraction of sp³-hybridized carbons (Fsp3) is 0.556. The molecule has 0 amide bonds. The summed E-state index contributed by atoms with van der Waals surface area (Å²) in [6.07, 6.45) is 3.23. The van der Waals surface area contributed by atoms with Crippen molar-refractivity contribution in [2.75, 3.05) is 27.2 Å². The van der Waals surface area contributed by atoms with Crippen LogP contribution in [0.1, 0.15) is 5.69 Å². The van der Waals surface area contributed by atoms with Crippen LogP contribution in [0.3, 0.4) is 0 Å². The number of aromatic nitrogens is 2. The summed E-state index contributed by atoms with van der Waals surface area (Å²) >= 11 is 0. The van der Waals surface area contributed by atoms with Crippen LogP contribution in [0.2, 0.25) is 0 Å². The van der Waals surface area contributed by atoms with E-state index in [-0.39, 0.29) is 0 Å². The number of nitrogens with zero attached hydrogens (tertiary/aromatic N) is 3. The van der Waals surface area contributed by atoms with Crippen molar-refractivity contribution >= 4 is 0 Å². The van der Waals surface area contributed by atoms with Gasteiger partial charge in [-0.3, -0.25) is 4.98 Å². The summed E-state index contributed by atoms with van der Waals surface area (Å²) < 4.78 is 5.36. The molecule has 0 aliphatic carbocycles. The van der Waals surface area contributed by atoms with Gasteiger partial charge in [-0.05, 0) is 14.1 Å². The van der Waals surface area contributed by atoms with Gasteiger partial charge in [-0.2, -0.15) is 0 Å². The van der Waals surface area contributed by atoms with E-state index in [9.17, 15) is 0 Å². The number of likely N-dealkylation sites (N-methyl/N-ethyl adjacent to an activating group) is 1. The zero-order valence-corrected chi connectivity index (χ0v) is 8.60. The molecule has 1 aromatic rings. The van der Waals surface area contributed by atoms with Crippen LogP contribution in [0.25, 0.3) is 0 Å². The summed E-state index contributed by atoms with van der Waals surface area (Å²) in [5.41, 5.74) is 6.16. The molecule has 78 valence electrons. The average molecular weight is 196 g/mol. The highest BCUT2D eigenvalue weighted by Crippen LogP contribution is 2.02. The predicted octanol–water partition coefficient (Wildman–Crippen LogP) is -0.124. The second-order valence-electron chi connectivity index (χ2n) is 3.20. The highest BCUT2D eigenvalue weighted by Gasteiger charge is 1.97. The Kier molecular flexibility index (Phi) is 4.28. The maximum absolute atomic E-state index is 5.39. The van der Waals surface area contributed by atoms with Gasteiger partial charge in [0.1, 0.15) is 6.61 Å². The molecule has 1 rings (SSSR count). The van der Waals surface area contributed by atoms with E-state index in [1.54, 1.807) is 12.4 Å². The Bertz CT molecular complexity index is 260. The Morgan fingerprint density at radius 3 is 2.64 bits per heavy atom. The molecule has 0 unspecified atom stereocenters. The molecule has 0 fully saturated rings. The number of hydrogen-bond acceptors (Lipinski definition) is 5. The van der Waals surface area contributed by atoms with E-state index in [4.69, 9.17) is 10.5 Å². The lowest BCUT2D eigenvalue weighted by molar-refractivity contribution is 0.253. The number of rotatable bonds is 5. The topological polar surface area (TPSA) is 64.3 Å². The van der Waals surface area contributed by atoms with Crippen LogP contribution < -0.4 is 10.5 Å². The van der Waals surface area contributed by atoms with E-state index in [1.165, 1.54) is 0 Å². The molecule has 0 bridgehead atoms. The number of hydrogen-bond donors (Lipinski definition) is 1. The smallest absolute Gasteiger partial charge is 0.232 e. The van der Waals surface area contributed by atoms with Gasteiger partial charge in [0.25, 0.3) is 0 Å². The first-order valence-electron chi connectivity index (χ1n) is 4.51. The Morgan fingerprint density at radius 2 is 2.14 bits per heavy atom. The number of ether oxygens (including phenoxy) is 1. The van der Waals surface area contributed by atoms with E-state index in [2.05, 4.69) is 9.97 Å². The molecule has 0 saturated heterocycles. The summed E-state index contributed by atoms with van der Waals surface area (Å²) in [5.74, 6) is 0.545. The lowest BCUT2D eigenvalue weighted by Gasteiger charge is -2.09. The van der Waals surface area contributed by atoms with Crippen LogP contribution in [-0.4, -0.2) is 42.1 Å². The van der Waals surface area contributed by atoms with E-state index in [1.807, 2.05) is 19.0 Å². The van der Waals surface area contributed by atoms with Crippen LogP contribution in [0.4, 0.5) is 0 Å². The van der Waals surface area contributed by atoms with Crippen molar-refractivity contribution in [2.24, 2.45) is 5.73 Å². The molecule has 2 N–H and O–H groups in total. The molecule has 14 heavy (non-hydrogen) atoms. The van der Waals surface area contributed by atoms with Crippen molar-refractivity contribution in [1.29, 1.82) is 0 Å². The molecule has 0 aliphatic heterocycles. The molecule has 1 aromatic heterocycles. The van der Waals surface area contributed by atoms with Crippen molar-refractivity contribution in [2.45, 2.75) is 6.54 Å². The van der Waals surface area contributed by atoms with Gasteiger partial charge in [0.2, 0.25) is 5.88 Å². The van der Waals surface area contributed by atoms with Gasteiger partial charge in [-0.1, -0.05) is 0 Å². The van der Waals surface area contributed by atoms with Gasteiger partial charge >= 0.3 is 0 Å². The Labute approximate surface area is 83.9 Å². The van der Waals surface area contributed by atoms with E-state index in [0.29, 0.717) is 19.0 Å². The molecule has 0 atom stereocenters. The second kappa shape index (κ2) is 5.51. The molecular formula is C9H16N4O. The monoisotopic (exact) mass is 196 g/mol. The first-order chi connectivity index (χ1) is 6.72. The zero-order chi connectivity index (χ0) is 10.4. The quantitative estimate of drug-likeness (QED) is 0.711. The summed E-state index contributed by atoms with van der Waals surface area (Å²) in [6, 6.07) is 0. The van der Waals surface area contributed by atoms with Crippen molar-refractivity contribution in [3.63, 3.8) is 0 Å². The fourth-order valence-corrected chi connectivity index (χ4v) is 0.856. The molecule has 0 radical (unpaired) electrons. The molecular weight excluding hydrogens is 180 g/mol. The van der Waals surface area contributed by atoms with E-state index >= 15 is 0 Å². The van der Waals surface area contributed by atoms with Gasteiger partial charge < -0.3 is 15.4 Å². The first-order valence-corrected chi connectivity index (χ1v) is 4.51. The van der Waals surface area contributed by atoms with Crippen LogP contribution >= 0.6 is 0 Å². The molecule has 0 aliphatic rings. The lowest BCUT2D eigenvalue weighted by atomic mass is 10.5.